The molecule has 1 aliphatic rings. The van der Waals surface area contributed by atoms with E-state index in [0.29, 0.717) is 31.6 Å². The van der Waals surface area contributed by atoms with Gasteiger partial charge in [0.15, 0.2) is 0 Å². The van der Waals surface area contributed by atoms with Crippen LogP contribution in [0.15, 0.2) is 24.3 Å². The Morgan fingerprint density at radius 3 is 2.56 bits per heavy atom. The summed E-state index contributed by atoms with van der Waals surface area (Å²) in [7, 11) is -1.36. The van der Waals surface area contributed by atoms with Gasteiger partial charge in [-0.2, -0.15) is 0 Å². The first kappa shape index (κ1) is 21.9. The molecule has 7 heteroatoms. The van der Waals surface area contributed by atoms with Crippen molar-refractivity contribution in [2.24, 2.45) is 11.7 Å². The molecule has 6 nitrogen and oxygen atoms in total. The predicted octanol–water partition coefficient (Wildman–Crippen LogP) is 1.88. The van der Waals surface area contributed by atoms with Gasteiger partial charge in [0.1, 0.15) is 5.54 Å². The molecule has 0 aliphatic carbocycles. The second kappa shape index (κ2) is 9.69. The van der Waals surface area contributed by atoms with Crippen LogP contribution in [0.4, 0.5) is 0 Å². The van der Waals surface area contributed by atoms with E-state index in [1.54, 1.807) is 0 Å². The van der Waals surface area contributed by atoms with Crippen molar-refractivity contribution >= 4 is 13.1 Å². The number of carbonyl (C=O) groups is 1. The van der Waals surface area contributed by atoms with Crippen LogP contribution in [0.3, 0.4) is 0 Å². The lowest BCUT2D eigenvalue weighted by Gasteiger charge is -2.45. The van der Waals surface area contributed by atoms with Gasteiger partial charge in [-0.25, -0.2) is 0 Å². The summed E-state index contributed by atoms with van der Waals surface area (Å²) in [5.74, 6) is -0.447. The zero-order valence-corrected chi connectivity index (χ0v) is 16.5. The third-order valence-corrected chi connectivity index (χ3v) is 5.64. The molecular formula is C20H33BN2O4. The van der Waals surface area contributed by atoms with E-state index in [4.69, 9.17) is 15.8 Å². The van der Waals surface area contributed by atoms with Crippen LogP contribution in [-0.2, 0) is 17.8 Å². The van der Waals surface area contributed by atoms with Gasteiger partial charge >= 0.3 is 13.1 Å². The quantitative estimate of drug-likeness (QED) is 0.367. The highest BCUT2D eigenvalue weighted by Gasteiger charge is 2.46. The van der Waals surface area contributed by atoms with Crippen LogP contribution in [0.1, 0.15) is 50.7 Å². The van der Waals surface area contributed by atoms with E-state index < -0.39 is 18.6 Å². The smallest absolute Gasteiger partial charge is 0.451 e. The number of benzene rings is 1. The van der Waals surface area contributed by atoms with Gasteiger partial charge in [-0.15, -0.1) is 0 Å². The molecule has 27 heavy (non-hydrogen) atoms. The maximum atomic E-state index is 12.2. The zero-order chi connectivity index (χ0) is 20.0. The van der Waals surface area contributed by atoms with E-state index >= 15 is 0 Å². The maximum absolute atomic E-state index is 12.2. The Morgan fingerprint density at radius 1 is 1.30 bits per heavy atom. The molecule has 1 aliphatic heterocycles. The van der Waals surface area contributed by atoms with Gasteiger partial charge in [0.05, 0.1) is 0 Å². The van der Waals surface area contributed by atoms with Crippen molar-refractivity contribution in [1.29, 1.82) is 0 Å². The van der Waals surface area contributed by atoms with Crippen LogP contribution in [0, 0.1) is 5.92 Å². The van der Waals surface area contributed by atoms with Gasteiger partial charge in [-0.3, -0.25) is 9.69 Å². The third-order valence-electron chi connectivity index (χ3n) is 5.64. The van der Waals surface area contributed by atoms with Gasteiger partial charge in [0, 0.05) is 12.6 Å². The molecule has 0 bridgehead atoms. The summed E-state index contributed by atoms with van der Waals surface area (Å²) < 4.78 is 0. The second-order valence-corrected chi connectivity index (χ2v) is 8.21. The first-order chi connectivity index (χ1) is 12.7. The first-order valence-electron chi connectivity index (χ1n) is 9.93. The lowest BCUT2D eigenvalue weighted by atomic mass is 9.76. The molecule has 1 aromatic rings. The summed E-state index contributed by atoms with van der Waals surface area (Å²) in [6.07, 6.45) is 3.26. The van der Waals surface area contributed by atoms with E-state index in [1.807, 2.05) is 12.1 Å². The highest BCUT2D eigenvalue weighted by Crippen LogP contribution is 2.32. The minimum Gasteiger partial charge on any atom is -0.480 e. The zero-order valence-electron chi connectivity index (χ0n) is 16.5. The van der Waals surface area contributed by atoms with Crippen LogP contribution < -0.4 is 5.73 Å². The Bertz CT molecular complexity index is 626. The number of carboxylic acid groups (broad SMARTS) is 1. The van der Waals surface area contributed by atoms with Gasteiger partial charge in [-0.05, 0) is 49.2 Å². The molecule has 0 aromatic heterocycles. The van der Waals surface area contributed by atoms with Crippen molar-refractivity contribution in [3.8, 4) is 0 Å². The molecule has 5 N–H and O–H groups in total. The third kappa shape index (κ3) is 5.78. The molecule has 0 fully saturated rings. The number of nitrogens with zero attached hydrogens (tertiary/aromatic N) is 1. The van der Waals surface area contributed by atoms with Crippen molar-refractivity contribution in [2.75, 3.05) is 6.54 Å². The highest BCUT2D eigenvalue weighted by atomic mass is 16.4. The SMILES string of the molecule is CC(C)CCN1Cc2ccccc2CC1C(N)(CCCCB(O)O)C(=O)O. The Morgan fingerprint density at radius 2 is 1.96 bits per heavy atom. The molecule has 2 atom stereocenters. The van der Waals surface area contributed by atoms with Crippen molar-refractivity contribution in [3.63, 3.8) is 0 Å². The summed E-state index contributed by atoms with van der Waals surface area (Å²) in [6, 6.07) is 7.90. The summed E-state index contributed by atoms with van der Waals surface area (Å²) in [5.41, 5.74) is 7.58. The average molecular weight is 376 g/mol. The van der Waals surface area contributed by atoms with E-state index in [9.17, 15) is 9.90 Å². The summed E-state index contributed by atoms with van der Waals surface area (Å²) >= 11 is 0. The molecule has 1 aromatic carbocycles. The highest BCUT2D eigenvalue weighted by molar-refractivity contribution is 6.40. The summed E-state index contributed by atoms with van der Waals surface area (Å²) in [6.45, 7) is 5.87. The molecular weight excluding hydrogens is 343 g/mol. The fourth-order valence-electron chi connectivity index (χ4n) is 3.90. The van der Waals surface area contributed by atoms with Crippen molar-refractivity contribution < 1.29 is 19.9 Å². The maximum Gasteiger partial charge on any atom is 0.451 e. The van der Waals surface area contributed by atoms with Crippen LogP contribution in [-0.4, -0.2) is 51.3 Å². The molecule has 0 amide bonds. The Kier molecular flexibility index (Phi) is 7.85. The Labute approximate surface area is 162 Å². The minimum absolute atomic E-state index is 0.236. The lowest BCUT2D eigenvalue weighted by molar-refractivity contribution is -0.147. The van der Waals surface area contributed by atoms with E-state index in [0.717, 1.165) is 19.5 Å². The first-order valence-corrected chi connectivity index (χ1v) is 9.93. The average Bonchev–Trinajstić information content (AvgIpc) is 2.62. The number of hydrogen-bond acceptors (Lipinski definition) is 5. The van der Waals surface area contributed by atoms with Gasteiger partial charge in [-0.1, -0.05) is 51.0 Å². The predicted molar refractivity (Wildman–Crippen MR) is 107 cm³/mol. The molecule has 2 rings (SSSR count). The monoisotopic (exact) mass is 376 g/mol. The molecule has 0 radical (unpaired) electrons. The summed E-state index contributed by atoms with van der Waals surface area (Å²) in [5, 5.41) is 28.0. The molecule has 0 saturated carbocycles. The van der Waals surface area contributed by atoms with E-state index in [1.165, 1.54) is 11.1 Å². The molecule has 1 heterocycles. The number of rotatable bonds is 10. The fraction of sp³-hybridized carbons (Fsp3) is 0.650. The van der Waals surface area contributed by atoms with Crippen molar-refractivity contribution in [1.82, 2.24) is 4.90 Å². The van der Waals surface area contributed by atoms with Crippen LogP contribution in [0.5, 0.6) is 0 Å². The Hall–Kier alpha value is -1.41. The summed E-state index contributed by atoms with van der Waals surface area (Å²) in [4.78, 5) is 14.4. The number of carboxylic acids is 1. The van der Waals surface area contributed by atoms with Crippen LogP contribution >= 0.6 is 0 Å². The number of unbranched alkanes of at least 4 members (excludes halogenated alkanes) is 1. The minimum atomic E-state index is -1.36. The van der Waals surface area contributed by atoms with Crippen molar-refractivity contribution in [2.45, 2.75) is 70.4 Å². The molecule has 150 valence electrons. The molecule has 0 spiro atoms. The molecule has 0 saturated heterocycles. The standard InChI is InChI=1S/C20H33BN2O4/c1-15(2)9-12-23-14-17-8-4-3-7-16(17)13-18(23)20(22,19(24)25)10-5-6-11-21(26)27/h3-4,7-8,15,18,26-27H,5-6,9-14,22H2,1-2H3,(H,24,25). The number of nitrogens with two attached hydrogens (primary N) is 1. The second-order valence-electron chi connectivity index (χ2n) is 8.21. The number of hydrogen-bond donors (Lipinski definition) is 4. The molecule has 2 unspecified atom stereocenters. The number of aliphatic carboxylic acids is 1. The van der Waals surface area contributed by atoms with Gasteiger partial charge in [0.25, 0.3) is 0 Å². The van der Waals surface area contributed by atoms with Crippen LogP contribution in [0.25, 0.3) is 0 Å². The lowest BCUT2D eigenvalue weighted by Crippen LogP contribution is -2.65. The van der Waals surface area contributed by atoms with Gasteiger partial charge in [0.2, 0.25) is 0 Å². The normalized spacial score (nSPS) is 19.6. The van der Waals surface area contributed by atoms with E-state index in [2.05, 4.69) is 30.9 Å². The largest absolute Gasteiger partial charge is 0.480 e. The Balaban J connectivity index is 2.22. The van der Waals surface area contributed by atoms with Crippen molar-refractivity contribution in [3.05, 3.63) is 35.4 Å². The van der Waals surface area contributed by atoms with Crippen LogP contribution in [0.2, 0.25) is 6.32 Å². The number of fused-ring (bicyclic) bond motifs is 1. The van der Waals surface area contributed by atoms with Gasteiger partial charge < -0.3 is 20.9 Å². The van der Waals surface area contributed by atoms with E-state index in [-0.39, 0.29) is 12.4 Å². The fourth-order valence-corrected chi connectivity index (χ4v) is 3.90. The topological polar surface area (TPSA) is 107 Å².